The van der Waals surface area contributed by atoms with Crippen molar-refractivity contribution in [3.8, 4) is 0 Å². The molecule has 0 aromatic heterocycles. The third-order valence-corrected chi connectivity index (χ3v) is 3.00. The molecule has 0 fully saturated rings. The van der Waals surface area contributed by atoms with Gasteiger partial charge in [0.2, 0.25) is 0 Å². The summed E-state index contributed by atoms with van der Waals surface area (Å²) >= 11 is 5.76. The molecule has 1 rings (SSSR count). The van der Waals surface area contributed by atoms with Gasteiger partial charge in [-0.15, -0.1) is 0 Å². The maximum atomic E-state index is 13.0. The van der Waals surface area contributed by atoms with Crippen LogP contribution in [0.15, 0.2) is 18.2 Å². The molecule has 0 saturated carbocycles. The van der Waals surface area contributed by atoms with Crippen molar-refractivity contribution < 1.29 is 4.39 Å². The van der Waals surface area contributed by atoms with Gasteiger partial charge in [0.15, 0.2) is 0 Å². The first-order valence-electron chi connectivity index (χ1n) is 5.72. The number of nitrogens with one attached hydrogen (secondary N) is 1. The Balaban J connectivity index is 2.73. The molecule has 1 unspecified atom stereocenters. The summed E-state index contributed by atoms with van der Waals surface area (Å²) in [4.78, 5) is 0. The first-order chi connectivity index (χ1) is 7.54. The third-order valence-electron chi connectivity index (χ3n) is 2.71. The number of benzene rings is 1. The van der Waals surface area contributed by atoms with Crippen LogP contribution in [0.25, 0.3) is 0 Å². The van der Waals surface area contributed by atoms with Gasteiger partial charge in [-0.05, 0) is 36.6 Å². The van der Waals surface area contributed by atoms with E-state index in [0.29, 0.717) is 12.0 Å². The van der Waals surface area contributed by atoms with Crippen LogP contribution < -0.4 is 5.32 Å². The summed E-state index contributed by atoms with van der Waals surface area (Å²) in [6.45, 7) is 7.39. The number of hydrogen-bond acceptors (Lipinski definition) is 1. The number of hydrogen-bond donors (Lipinski definition) is 1. The van der Waals surface area contributed by atoms with Gasteiger partial charge in [-0.3, -0.25) is 0 Å². The van der Waals surface area contributed by atoms with Gasteiger partial charge < -0.3 is 5.32 Å². The van der Waals surface area contributed by atoms with Gasteiger partial charge in [0, 0.05) is 6.04 Å². The average Bonchev–Trinajstić information content (AvgIpc) is 2.22. The van der Waals surface area contributed by atoms with Gasteiger partial charge in [-0.25, -0.2) is 4.39 Å². The summed E-state index contributed by atoms with van der Waals surface area (Å²) in [7, 11) is 0. The average molecular weight is 244 g/mol. The normalized spacial score (nSPS) is 13.1. The van der Waals surface area contributed by atoms with E-state index in [4.69, 9.17) is 11.6 Å². The van der Waals surface area contributed by atoms with Crippen LogP contribution in [0.4, 0.5) is 4.39 Å². The lowest BCUT2D eigenvalue weighted by atomic mass is 9.96. The Labute approximate surface area is 102 Å². The molecule has 0 amide bonds. The van der Waals surface area contributed by atoms with E-state index in [1.54, 1.807) is 12.1 Å². The van der Waals surface area contributed by atoms with Crippen molar-refractivity contribution in [3.05, 3.63) is 34.6 Å². The van der Waals surface area contributed by atoms with Crippen molar-refractivity contribution in [2.75, 3.05) is 6.54 Å². The van der Waals surface area contributed by atoms with Gasteiger partial charge in [0.1, 0.15) is 5.82 Å². The van der Waals surface area contributed by atoms with E-state index in [9.17, 15) is 4.39 Å². The quantitative estimate of drug-likeness (QED) is 0.832. The number of halogens is 2. The van der Waals surface area contributed by atoms with Crippen LogP contribution in [0.3, 0.4) is 0 Å². The Kier molecular flexibility index (Phi) is 5.23. The van der Waals surface area contributed by atoms with Crippen LogP contribution in [-0.2, 0) is 6.42 Å². The SMILES string of the molecule is CCNC(Cc1ccc(F)c(Cl)c1)C(C)C. The van der Waals surface area contributed by atoms with Gasteiger partial charge in [0.25, 0.3) is 0 Å². The van der Waals surface area contributed by atoms with E-state index in [0.717, 1.165) is 18.5 Å². The van der Waals surface area contributed by atoms with Gasteiger partial charge in [0.05, 0.1) is 5.02 Å². The van der Waals surface area contributed by atoms with Crippen LogP contribution in [0, 0.1) is 11.7 Å². The largest absolute Gasteiger partial charge is 0.314 e. The zero-order valence-corrected chi connectivity index (χ0v) is 10.8. The highest BCUT2D eigenvalue weighted by Gasteiger charge is 2.13. The minimum atomic E-state index is -0.352. The van der Waals surface area contributed by atoms with Gasteiger partial charge in [-0.2, -0.15) is 0 Å². The Morgan fingerprint density at radius 3 is 2.56 bits per heavy atom. The maximum absolute atomic E-state index is 13.0. The molecule has 1 aromatic rings. The first-order valence-corrected chi connectivity index (χ1v) is 6.09. The van der Waals surface area contributed by atoms with Crippen LogP contribution in [0.1, 0.15) is 26.3 Å². The molecule has 0 aliphatic rings. The lowest BCUT2D eigenvalue weighted by molar-refractivity contribution is 0.405. The highest BCUT2D eigenvalue weighted by molar-refractivity contribution is 6.30. The maximum Gasteiger partial charge on any atom is 0.141 e. The number of likely N-dealkylation sites (N-methyl/N-ethyl adjacent to an activating group) is 1. The minimum Gasteiger partial charge on any atom is -0.314 e. The highest BCUT2D eigenvalue weighted by atomic mass is 35.5. The molecule has 0 aliphatic heterocycles. The third kappa shape index (κ3) is 3.76. The molecular weight excluding hydrogens is 225 g/mol. The van der Waals surface area contributed by atoms with Crippen LogP contribution in [-0.4, -0.2) is 12.6 Å². The first kappa shape index (κ1) is 13.5. The lowest BCUT2D eigenvalue weighted by Crippen LogP contribution is -2.35. The Morgan fingerprint density at radius 1 is 1.38 bits per heavy atom. The molecule has 1 atom stereocenters. The van der Waals surface area contributed by atoms with Gasteiger partial charge in [-0.1, -0.05) is 38.4 Å². The molecule has 1 nitrogen and oxygen atoms in total. The molecule has 0 aliphatic carbocycles. The van der Waals surface area contributed by atoms with Crippen molar-refractivity contribution in [3.63, 3.8) is 0 Å². The lowest BCUT2D eigenvalue weighted by Gasteiger charge is -2.21. The summed E-state index contributed by atoms with van der Waals surface area (Å²) < 4.78 is 13.0. The van der Waals surface area contributed by atoms with E-state index in [-0.39, 0.29) is 10.8 Å². The van der Waals surface area contributed by atoms with Gasteiger partial charge >= 0.3 is 0 Å². The van der Waals surface area contributed by atoms with Crippen molar-refractivity contribution in [2.24, 2.45) is 5.92 Å². The second-order valence-corrected chi connectivity index (χ2v) is 4.77. The fourth-order valence-corrected chi connectivity index (χ4v) is 1.93. The monoisotopic (exact) mass is 243 g/mol. The summed E-state index contributed by atoms with van der Waals surface area (Å²) in [5, 5.41) is 3.63. The van der Waals surface area contributed by atoms with Crippen molar-refractivity contribution in [2.45, 2.75) is 33.2 Å². The molecule has 16 heavy (non-hydrogen) atoms. The molecule has 1 N–H and O–H groups in total. The molecule has 1 aromatic carbocycles. The summed E-state index contributed by atoms with van der Waals surface area (Å²) in [6, 6.07) is 5.35. The molecule has 90 valence electrons. The number of rotatable bonds is 5. The zero-order chi connectivity index (χ0) is 12.1. The predicted molar refractivity (Wildman–Crippen MR) is 67.4 cm³/mol. The second-order valence-electron chi connectivity index (χ2n) is 4.36. The molecular formula is C13H19ClFN. The topological polar surface area (TPSA) is 12.0 Å². The summed E-state index contributed by atoms with van der Waals surface area (Å²) in [6.07, 6.45) is 0.880. The van der Waals surface area contributed by atoms with E-state index in [1.165, 1.54) is 6.07 Å². The fourth-order valence-electron chi connectivity index (χ4n) is 1.73. The van der Waals surface area contributed by atoms with Crippen LogP contribution in [0.5, 0.6) is 0 Å². The molecule has 0 radical (unpaired) electrons. The predicted octanol–water partition coefficient (Wildman–Crippen LogP) is 3.66. The Bertz CT molecular complexity index is 339. The van der Waals surface area contributed by atoms with Crippen LogP contribution in [0.2, 0.25) is 5.02 Å². The highest BCUT2D eigenvalue weighted by Crippen LogP contribution is 2.18. The summed E-state index contributed by atoms with van der Waals surface area (Å²) in [5.74, 6) is 0.193. The molecule has 0 spiro atoms. The molecule has 0 heterocycles. The van der Waals surface area contributed by atoms with Crippen molar-refractivity contribution in [1.29, 1.82) is 0 Å². The minimum absolute atomic E-state index is 0.205. The van der Waals surface area contributed by atoms with Crippen LogP contribution >= 0.6 is 11.6 Å². The van der Waals surface area contributed by atoms with E-state index in [2.05, 4.69) is 26.1 Å². The molecule has 0 saturated heterocycles. The van der Waals surface area contributed by atoms with Crippen molar-refractivity contribution >= 4 is 11.6 Å². The van der Waals surface area contributed by atoms with E-state index >= 15 is 0 Å². The Hall–Kier alpha value is -0.600. The van der Waals surface area contributed by atoms with Crippen molar-refractivity contribution in [1.82, 2.24) is 5.32 Å². The molecule has 0 bridgehead atoms. The fraction of sp³-hybridized carbons (Fsp3) is 0.538. The standard InChI is InChI=1S/C13H19ClFN/c1-4-16-13(9(2)3)8-10-5-6-12(15)11(14)7-10/h5-7,9,13,16H,4,8H2,1-3H3. The Morgan fingerprint density at radius 2 is 2.06 bits per heavy atom. The summed E-state index contributed by atoms with van der Waals surface area (Å²) in [5.41, 5.74) is 1.08. The van der Waals surface area contributed by atoms with E-state index in [1.807, 2.05) is 0 Å². The smallest absolute Gasteiger partial charge is 0.141 e. The zero-order valence-electron chi connectivity index (χ0n) is 10.1. The molecule has 3 heteroatoms. The van der Waals surface area contributed by atoms with E-state index < -0.39 is 0 Å². The second kappa shape index (κ2) is 6.21.